The predicted octanol–water partition coefficient (Wildman–Crippen LogP) is 0.362. The summed E-state index contributed by atoms with van der Waals surface area (Å²) in [7, 11) is -0.641. The second-order valence-corrected chi connectivity index (χ2v) is 7.94. The Labute approximate surface area is 150 Å². The highest BCUT2D eigenvalue weighted by Crippen LogP contribution is 2.18. The Bertz CT molecular complexity index is 1130. The molecule has 2 heterocycles. The van der Waals surface area contributed by atoms with Crippen molar-refractivity contribution in [2.45, 2.75) is 11.4 Å². The largest absolute Gasteiger partial charge is 0.351 e. The van der Waals surface area contributed by atoms with Crippen LogP contribution in [0.25, 0.3) is 11.0 Å². The van der Waals surface area contributed by atoms with E-state index in [1.165, 1.54) is 21.3 Å². The monoisotopic (exact) mass is 374 g/mol. The van der Waals surface area contributed by atoms with Crippen LogP contribution in [0.1, 0.15) is 5.56 Å². The minimum Gasteiger partial charge on any atom is -0.351 e. The van der Waals surface area contributed by atoms with Crippen LogP contribution < -0.4 is 11.0 Å². The zero-order valence-corrected chi connectivity index (χ0v) is 15.2. The number of pyridine rings is 1. The molecule has 2 aromatic heterocycles. The molecule has 9 heteroatoms. The number of carbonyl (C=O) groups excluding carboxylic acids is 1. The molecule has 3 aromatic rings. The first-order valence-electron chi connectivity index (χ1n) is 7.83. The van der Waals surface area contributed by atoms with Gasteiger partial charge in [0.15, 0.2) is 9.84 Å². The van der Waals surface area contributed by atoms with E-state index in [0.717, 1.165) is 5.56 Å². The number of fused-ring (bicyclic) bond motifs is 1. The number of hydrogen-bond acceptors (Lipinski definition) is 5. The van der Waals surface area contributed by atoms with Crippen LogP contribution >= 0.6 is 0 Å². The van der Waals surface area contributed by atoms with Crippen LogP contribution in [-0.2, 0) is 35.3 Å². The van der Waals surface area contributed by atoms with Gasteiger partial charge in [-0.05, 0) is 29.8 Å². The molecule has 0 aliphatic heterocycles. The van der Waals surface area contributed by atoms with Crippen LogP contribution in [0.2, 0.25) is 0 Å². The lowest BCUT2D eigenvalue weighted by Crippen LogP contribution is -2.30. The molecule has 0 saturated heterocycles. The number of nitrogens with zero attached hydrogens (tertiary/aromatic N) is 3. The SMILES string of the molecule is Cn1c(=O)n(C)c2cc(S(=O)(=O)CC(=O)NCc3cccnc3)ccc21. The number of carbonyl (C=O) groups is 1. The van der Waals surface area contributed by atoms with Gasteiger partial charge in [-0.2, -0.15) is 0 Å². The van der Waals surface area contributed by atoms with Crippen LogP contribution in [0.15, 0.2) is 52.4 Å². The molecule has 26 heavy (non-hydrogen) atoms. The van der Waals surface area contributed by atoms with Crippen molar-refractivity contribution in [3.05, 3.63) is 58.8 Å². The second kappa shape index (κ2) is 6.75. The first-order valence-corrected chi connectivity index (χ1v) is 9.48. The van der Waals surface area contributed by atoms with E-state index in [1.54, 1.807) is 44.7 Å². The number of sulfone groups is 1. The van der Waals surface area contributed by atoms with Crippen LogP contribution in [0.5, 0.6) is 0 Å². The molecule has 8 nitrogen and oxygen atoms in total. The normalized spacial score (nSPS) is 11.6. The molecule has 136 valence electrons. The number of benzene rings is 1. The second-order valence-electron chi connectivity index (χ2n) is 5.95. The lowest BCUT2D eigenvalue weighted by Gasteiger charge is -2.07. The first kappa shape index (κ1) is 17.9. The number of imidazole rings is 1. The van der Waals surface area contributed by atoms with Gasteiger partial charge in [0.1, 0.15) is 5.75 Å². The fourth-order valence-electron chi connectivity index (χ4n) is 2.69. The van der Waals surface area contributed by atoms with Gasteiger partial charge in [0.05, 0.1) is 15.9 Å². The van der Waals surface area contributed by atoms with Crippen molar-refractivity contribution in [3.8, 4) is 0 Å². The Kier molecular flexibility index (Phi) is 4.64. The Balaban J connectivity index is 1.79. The third-order valence-electron chi connectivity index (χ3n) is 4.14. The Morgan fingerprint density at radius 2 is 1.88 bits per heavy atom. The smallest absolute Gasteiger partial charge is 0.328 e. The van der Waals surface area contributed by atoms with Crippen molar-refractivity contribution >= 4 is 26.8 Å². The Hall–Kier alpha value is -2.94. The maximum atomic E-state index is 12.5. The quantitative estimate of drug-likeness (QED) is 0.695. The molecule has 1 aromatic carbocycles. The number of aryl methyl sites for hydroxylation is 2. The Morgan fingerprint density at radius 1 is 1.15 bits per heavy atom. The third kappa shape index (κ3) is 3.38. The highest BCUT2D eigenvalue weighted by atomic mass is 32.2. The fraction of sp³-hybridized carbons (Fsp3) is 0.235. The van der Waals surface area contributed by atoms with Gasteiger partial charge >= 0.3 is 5.69 Å². The molecule has 0 bridgehead atoms. The van der Waals surface area contributed by atoms with Gasteiger partial charge in [-0.25, -0.2) is 13.2 Å². The minimum absolute atomic E-state index is 0.00253. The molecule has 0 aliphatic rings. The molecule has 0 saturated carbocycles. The summed E-state index contributed by atoms with van der Waals surface area (Å²) in [5, 5.41) is 2.57. The average molecular weight is 374 g/mol. The standard InChI is InChI=1S/C17H18N4O4S/c1-20-14-6-5-13(8-15(14)21(2)17(20)23)26(24,25)11-16(22)19-10-12-4-3-7-18-9-12/h3-9H,10-11H2,1-2H3,(H,19,22). The zero-order valence-electron chi connectivity index (χ0n) is 14.3. The van der Waals surface area contributed by atoms with E-state index in [4.69, 9.17) is 0 Å². The summed E-state index contributed by atoms with van der Waals surface area (Å²) in [5.41, 5.74) is 1.65. The molecule has 0 atom stereocenters. The van der Waals surface area contributed by atoms with Crippen LogP contribution in [0.3, 0.4) is 0 Å². The first-order chi connectivity index (χ1) is 12.3. The average Bonchev–Trinajstić information content (AvgIpc) is 2.84. The number of amides is 1. The van der Waals surface area contributed by atoms with Crippen molar-refractivity contribution in [1.82, 2.24) is 19.4 Å². The third-order valence-corrected chi connectivity index (χ3v) is 5.75. The van der Waals surface area contributed by atoms with E-state index in [-0.39, 0.29) is 17.1 Å². The predicted molar refractivity (Wildman–Crippen MR) is 96.3 cm³/mol. The summed E-state index contributed by atoms with van der Waals surface area (Å²) in [4.78, 5) is 27.9. The lowest BCUT2D eigenvalue weighted by molar-refractivity contribution is -0.118. The van der Waals surface area contributed by atoms with Crippen molar-refractivity contribution in [2.24, 2.45) is 14.1 Å². The van der Waals surface area contributed by atoms with E-state index < -0.39 is 21.5 Å². The van der Waals surface area contributed by atoms with Gasteiger partial charge in [-0.15, -0.1) is 0 Å². The van der Waals surface area contributed by atoms with E-state index in [0.29, 0.717) is 11.0 Å². The van der Waals surface area contributed by atoms with E-state index in [2.05, 4.69) is 10.3 Å². The van der Waals surface area contributed by atoms with E-state index in [9.17, 15) is 18.0 Å². The van der Waals surface area contributed by atoms with Crippen LogP contribution in [0.4, 0.5) is 0 Å². The highest BCUT2D eigenvalue weighted by Gasteiger charge is 2.21. The Morgan fingerprint density at radius 3 is 2.58 bits per heavy atom. The number of hydrogen-bond donors (Lipinski definition) is 1. The summed E-state index contributed by atoms with van der Waals surface area (Å²) in [5.74, 6) is -1.27. The van der Waals surface area contributed by atoms with E-state index in [1.807, 2.05) is 0 Å². The fourth-order valence-corrected chi connectivity index (χ4v) is 3.87. The minimum atomic E-state index is -3.83. The van der Waals surface area contributed by atoms with E-state index >= 15 is 0 Å². The van der Waals surface area contributed by atoms with Crippen molar-refractivity contribution in [3.63, 3.8) is 0 Å². The van der Waals surface area contributed by atoms with Gasteiger partial charge in [0.25, 0.3) is 0 Å². The molecule has 1 N–H and O–H groups in total. The lowest BCUT2D eigenvalue weighted by atomic mass is 10.3. The molecule has 0 unspecified atom stereocenters. The van der Waals surface area contributed by atoms with Gasteiger partial charge in [0.2, 0.25) is 5.91 Å². The summed E-state index contributed by atoms with van der Waals surface area (Å²) in [6, 6.07) is 7.91. The molecule has 0 aliphatic carbocycles. The number of nitrogens with one attached hydrogen (secondary N) is 1. The topological polar surface area (TPSA) is 103 Å². The van der Waals surface area contributed by atoms with Crippen LogP contribution in [-0.4, -0.2) is 34.2 Å². The van der Waals surface area contributed by atoms with Crippen LogP contribution in [0, 0.1) is 0 Å². The van der Waals surface area contributed by atoms with Crippen molar-refractivity contribution in [2.75, 3.05) is 5.75 Å². The van der Waals surface area contributed by atoms with Crippen molar-refractivity contribution < 1.29 is 13.2 Å². The van der Waals surface area contributed by atoms with Gasteiger partial charge < -0.3 is 5.32 Å². The maximum Gasteiger partial charge on any atom is 0.328 e. The zero-order chi connectivity index (χ0) is 18.9. The highest BCUT2D eigenvalue weighted by molar-refractivity contribution is 7.92. The summed E-state index contributed by atoms with van der Waals surface area (Å²) < 4.78 is 27.9. The number of aromatic nitrogens is 3. The molecular formula is C17H18N4O4S. The number of rotatable bonds is 5. The van der Waals surface area contributed by atoms with Crippen molar-refractivity contribution in [1.29, 1.82) is 0 Å². The summed E-state index contributed by atoms with van der Waals surface area (Å²) >= 11 is 0. The van der Waals surface area contributed by atoms with Gasteiger partial charge in [-0.3, -0.25) is 18.9 Å². The maximum absolute atomic E-state index is 12.5. The molecule has 0 fully saturated rings. The molecule has 0 spiro atoms. The van der Waals surface area contributed by atoms with Gasteiger partial charge in [-0.1, -0.05) is 6.07 Å². The summed E-state index contributed by atoms with van der Waals surface area (Å²) in [6.45, 7) is 0.203. The van der Waals surface area contributed by atoms with Gasteiger partial charge in [0, 0.05) is 33.0 Å². The molecule has 1 amide bonds. The molecule has 3 rings (SSSR count). The summed E-state index contributed by atoms with van der Waals surface area (Å²) in [6.07, 6.45) is 3.21. The molecule has 0 radical (unpaired) electrons. The molecular weight excluding hydrogens is 356 g/mol.